The maximum absolute atomic E-state index is 12.0. The lowest BCUT2D eigenvalue weighted by Gasteiger charge is -2.06. The Labute approximate surface area is 153 Å². The van der Waals surface area contributed by atoms with Gasteiger partial charge in [0.1, 0.15) is 23.3 Å². The lowest BCUT2D eigenvalue weighted by atomic mass is 10.2. The van der Waals surface area contributed by atoms with Gasteiger partial charge >= 0.3 is 5.91 Å². The molecular weight excluding hydrogens is 358 g/mol. The summed E-state index contributed by atoms with van der Waals surface area (Å²) in [5.41, 5.74) is 4.81. The molecule has 132 valence electrons. The fourth-order valence-corrected chi connectivity index (χ4v) is 2.21. The van der Waals surface area contributed by atoms with Crippen LogP contribution in [0.2, 0.25) is 5.15 Å². The molecule has 7 nitrogen and oxygen atoms in total. The van der Waals surface area contributed by atoms with Gasteiger partial charge in [0.25, 0.3) is 5.91 Å². The monoisotopic (exact) mass is 371 g/mol. The van der Waals surface area contributed by atoms with Crippen LogP contribution < -0.4 is 15.6 Å². The molecule has 0 saturated carbocycles. The second-order valence-corrected chi connectivity index (χ2v) is 5.53. The summed E-state index contributed by atoms with van der Waals surface area (Å²) in [4.78, 5) is 27.7. The molecule has 0 bridgehead atoms. The average molecular weight is 372 g/mol. The van der Waals surface area contributed by atoms with Crippen LogP contribution in [0.3, 0.4) is 0 Å². The Morgan fingerprint density at radius 1 is 1.04 bits per heavy atom. The van der Waals surface area contributed by atoms with Crippen LogP contribution in [-0.2, 0) is 6.61 Å². The number of benzene rings is 1. The quantitative estimate of drug-likeness (QED) is 0.531. The van der Waals surface area contributed by atoms with E-state index < -0.39 is 11.8 Å². The Hall–Kier alpha value is -3.32. The second kappa shape index (κ2) is 8.17. The maximum Gasteiger partial charge on any atom is 0.305 e. The van der Waals surface area contributed by atoms with Crippen LogP contribution in [0, 0.1) is 0 Å². The average Bonchev–Trinajstić information content (AvgIpc) is 3.14. The van der Waals surface area contributed by atoms with Crippen molar-refractivity contribution >= 4 is 23.4 Å². The lowest BCUT2D eigenvalue weighted by Crippen LogP contribution is -2.41. The summed E-state index contributed by atoms with van der Waals surface area (Å²) < 4.78 is 10.9. The fraction of sp³-hybridized carbons (Fsp3) is 0.0556. The highest BCUT2D eigenvalue weighted by atomic mass is 35.5. The van der Waals surface area contributed by atoms with Gasteiger partial charge in [0.05, 0.1) is 0 Å². The third-order valence-electron chi connectivity index (χ3n) is 3.29. The Balaban J connectivity index is 1.52. The highest BCUT2D eigenvalue weighted by Gasteiger charge is 2.13. The summed E-state index contributed by atoms with van der Waals surface area (Å²) in [5, 5.41) is 0.179. The zero-order chi connectivity index (χ0) is 18.4. The molecule has 3 aromatic rings. The minimum atomic E-state index is -0.593. The zero-order valence-corrected chi connectivity index (χ0v) is 14.2. The number of amides is 2. The molecule has 0 fully saturated rings. The Kier molecular flexibility index (Phi) is 5.50. The van der Waals surface area contributed by atoms with Crippen molar-refractivity contribution < 1.29 is 18.7 Å². The SMILES string of the molecule is O=C(NNC(=O)c1ccc(COc2ccccc2)o1)c1ccnc(Cl)c1. The van der Waals surface area contributed by atoms with Crippen LogP contribution in [0.15, 0.2) is 65.2 Å². The van der Waals surface area contributed by atoms with Gasteiger partial charge in [0, 0.05) is 11.8 Å². The topological polar surface area (TPSA) is 93.5 Å². The van der Waals surface area contributed by atoms with E-state index in [1.54, 1.807) is 6.07 Å². The molecule has 0 aliphatic rings. The van der Waals surface area contributed by atoms with E-state index >= 15 is 0 Å². The minimum absolute atomic E-state index is 0.0460. The number of halogens is 1. The number of hydrazine groups is 1. The summed E-state index contributed by atoms with van der Waals surface area (Å²) in [6.07, 6.45) is 1.39. The molecule has 3 rings (SSSR count). The predicted octanol–water partition coefficient (Wildman–Crippen LogP) is 2.98. The number of rotatable bonds is 5. The normalized spacial score (nSPS) is 10.2. The molecule has 0 unspecified atom stereocenters. The third kappa shape index (κ3) is 4.61. The number of carbonyl (C=O) groups excluding carboxylic acids is 2. The molecule has 0 spiro atoms. The first-order valence-corrected chi connectivity index (χ1v) is 7.98. The molecule has 0 atom stereocenters. The van der Waals surface area contributed by atoms with E-state index in [2.05, 4.69) is 15.8 Å². The van der Waals surface area contributed by atoms with Crippen LogP contribution in [0.5, 0.6) is 5.75 Å². The van der Waals surface area contributed by atoms with Crippen molar-refractivity contribution in [1.29, 1.82) is 0 Å². The van der Waals surface area contributed by atoms with Gasteiger partial charge in [-0.25, -0.2) is 4.98 Å². The Morgan fingerprint density at radius 3 is 2.58 bits per heavy atom. The van der Waals surface area contributed by atoms with Crippen LogP contribution in [0.25, 0.3) is 0 Å². The fourth-order valence-electron chi connectivity index (χ4n) is 2.04. The first-order valence-electron chi connectivity index (χ1n) is 7.60. The number of pyridine rings is 1. The molecule has 2 N–H and O–H groups in total. The van der Waals surface area contributed by atoms with Gasteiger partial charge < -0.3 is 9.15 Å². The van der Waals surface area contributed by atoms with E-state index in [1.807, 2.05) is 30.3 Å². The first kappa shape index (κ1) is 17.5. The van der Waals surface area contributed by atoms with Gasteiger partial charge in [-0.3, -0.25) is 20.4 Å². The van der Waals surface area contributed by atoms with Crippen molar-refractivity contribution in [3.8, 4) is 5.75 Å². The van der Waals surface area contributed by atoms with Gasteiger partial charge in [-0.2, -0.15) is 0 Å². The highest BCUT2D eigenvalue weighted by molar-refractivity contribution is 6.29. The van der Waals surface area contributed by atoms with Crippen LogP contribution in [-0.4, -0.2) is 16.8 Å². The van der Waals surface area contributed by atoms with Gasteiger partial charge in [0.2, 0.25) is 0 Å². The van der Waals surface area contributed by atoms with E-state index in [0.717, 1.165) is 0 Å². The Bertz CT molecular complexity index is 912. The predicted molar refractivity (Wildman–Crippen MR) is 93.7 cm³/mol. The first-order chi connectivity index (χ1) is 12.6. The van der Waals surface area contributed by atoms with Crippen molar-refractivity contribution in [2.75, 3.05) is 0 Å². The van der Waals surface area contributed by atoms with Gasteiger partial charge in [-0.05, 0) is 36.4 Å². The van der Waals surface area contributed by atoms with Gasteiger partial charge in [0.15, 0.2) is 5.76 Å². The molecule has 0 aliphatic heterocycles. The van der Waals surface area contributed by atoms with E-state index in [4.69, 9.17) is 20.8 Å². The lowest BCUT2D eigenvalue weighted by molar-refractivity contribution is 0.0828. The van der Waals surface area contributed by atoms with E-state index in [1.165, 1.54) is 24.4 Å². The largest absolute Gasteiger partial charge is 0.486 e. The Morgan fingerprint density at radius 2 is 1.81 bits per heavy atom. The summed E-state index contributed by atoms with van der Waals surface area (Å²) >= 11 is 5.72. The molecule has 2 heterocycles. The van der Waals surface area contributed by atoms with Crippen molar-refractivity contribution in [3.05, 3.63) is 83.0 Å². The van der Waals surface area contributed by atoms with Gasteiger partial charge in [-0.1, -0.05) is 29.8 Å². The molecule has 2 amide bonds. The van der Waals surface area contributed by atoms with Crippen molar-refractivity contribution in [1.82, 2.24) is 15.8 Å². The highest BCUT2D eigenvalue weighted by Crippen LogP contribution is 2.14. The number of hydrogen-bond acceptors (Lipinski definition) is 5. The van der Waals surface area contributed by atoms with Crippen LogP contribution >= 0.6 is 11.6 Å². The number of aromatic nitrogens is 1. The maximum atomic E-state index is 12.0. The zero-order valence-electron chi connectivity index (χ0n) is 13.4. The molecule has 2 aromatic heterocycles. The smallest absolute Gasteiger partial charge is 0.305 e. The van der Waals surface area contributed by atoms with E-state index in [9.17, 15) is 9.59 Å². The molecule has 0 aliphatic carbocycles. The molecule has 1 aromatic carbocycles. The number of hydrogen-bond donors (Lipinski definition) is 2. The second-order valence-electron chi connectivity index (χ2n) is 5.14. The van der Waals surface area contributed by atoms with Gasteiger partial charge in [-0.15, -0.1) is 0 Å². The molecule has 8 heteroatoms. The molecular formula is C18H14ClN3O4. The summed E-state index contributed by atoms with van der Waals surface area (Å²) in [7, 11) is 0. The number of ether oxygens (including phenoxy) is 1. The summed E-state index contributed by atoms with van der Waals surface area (Å²) in [6.45, 7) is 0.180. The van der Waals surface area contributed by atoms with E-state index in [0.29, 0.717) is 11.5 Å². The molecule has 26 heavy (non-hydrogen) atoms. The van der Waals surface area contributed by atoms with Crippen LogP contribution in [0.1, 0.15) is 26.7 Å². The summed E-state index contributed by atoms with van der Waals surface area (Å²) in [5.74, 6) is 0.0976. The van der Waals surface area contributed by atoms with E-state index in [-0.39, 0.29) is 23.1 Å². The van der Waals surface area contributed by atoms with Crippen molar-refractivity contribution in [2.24, 2.45) is 0 Å². The van der Waals surface area contributed by atoms with Crippen molar-refractivity contribution in [3.63, 3.8) is 0 Å². The number of para-hydroxylation sites is 1. The number of carbonyl (C=O) groups is 2. The third-order valence-corrected chi connectivity index (χ3v) is 3.49. The minimum Gasteiger partial charge on any atom is -0.486 e. The standard InChI is InChI=1S/C18H14ClN3O4/c19-16-10-12(8-9-20-16)17(23)21-22-18(24)15-7-6-14(26-15)11-25-13-4-2-1-3-5-13/h1-10H,11H2,(H,21,23)(H,22,24). The number of furan rings is 1. The number of nitrogens with one attached hydrogen (secondary N) is 2. The van der Waals surface area contributed by atoms with Crippen LogP contribution in [0.4, 0.5) is 0 Å². The molecule has 0 radical (unpaired) electrons. The summed E-state index contributed by atoms with van der Waals surface area (Å²) in [6, 6.07) is 15.2. The molecule has 0 saturated heterocycles. The number of nitrogens with zero attached hydrogens (tertiary/aromatic N) is 1. The van der Waals surface area contributed by atoms with Crippen molar-refractivity contribution in [2.45, 2.75) is 6.61 Å².